The normalized spacial score (nSPS) is 17.6. The maximum atomic E-state index is 12.6. The summed E-state index contributed by atoms with van der Waals surface area (Å²) in [6.07, 6.45) is 6.35. The zero-order valence-electron chi connectivity index (χ0n) is 14.6. The van der Waals surface area contributed by atoms with Gasteiger partial charge in [-0.3, -0.25) is 9.89 Å². The predicted octanol–water partition coefficient (Wildman–Crippen LogP) is 1.19. The molecule has 0 saturated carbocycles. The summed E-state index contributed by atoms with van der Waals surface area (Å²) in [5.74, 6) is 0.649. The first kappa shape index (κ1) is 16.5. The Bertz CT molecular complexity index is 903. The van der Waals surface area contributed by atoms with E-state index in [2.05, 4.69) is 32.4 Å². The first-order chi connectivity index (χ1) is 12.7. The Balaban J connectivity index is 1.38. The molecule has 4 heterocycles. The van der Waals surface area contributed by atoms with Crippen LogP contribution in [0.5, 0.6) is 5.88 Å². The van der Waals surface area contributed by atoms with Crippen LogP contribution in [0, 0.1) is 0 Å². The fourth-order valence-corrected chi connectivity index (χ4v) is 3.41. The predicted molar refractivity (Wildman–Crippen MR) is 92.8 cm³/mol. The average molecular weight is 355 g/mol. The molecule has 0 bridgehead atoms. The van der Waals surface area contributed by atoms with E-state index in [1.54, 1.807) is 12.1 Å². The summed E-state index contributed by atoms with van der Waals surface area (Å²) >= 11 is 0. The van der Waals surface area contributed by atoms with Gasteiger partial charge in [-0.25, -0.2) is 0 Å². The third-order valence-electron chi connectivity index (χ3n) is 4.80. The second kappa shape index (κ2) is 7.11. The number of aromatic nitrogens is 6. The summed E-state index contributed by atoms with van der Waals surface area (Å²) in [6, 6.07) is 3.44. The van der Waals surface area contributed by atoms with E-state index in [0.717, 1.165) is 31.5 Å². The number of amides is 1. The number of aromatic amines is 1. The van der Waals surface area contributed by atoms with Crippen molar-refractivity contribution in [2.45, 2.75) is 32.1 Å². The van der Waals surface area contributed by atoms with Crippen LogP contribution in [0.3, 0.4) is 0 Å². The maximum absolute atomic E-state index is 12.6. The van der Waals surface area contributed by atoms with Crippen LogP contribution in [-0.4, -0.2) is 60.5 Å². The van der Waals surface area contributed by atoms with Gasteiger partial charge < -0.3 is 9.64 Å². The minimum Gasteiger partial charge on any atom is -0.467 e. The van der Waals surface area contributed by atoms with Crippen LogP contribution in [0.1, 0.15) is 36.9 Å². The molecule has 0 aromatic carbocycles. The van der Waals surface area contributed by atoms with Crippen molar-refractivity contribution in [2.24, 2.45) is 0 Å². The van der Waals surface area contributed by atoms with Crippen molar-refractivity contribution in [3.05, 3.63) is 35.9 Å². The number of fused-ring (bicyclic) bond motifs is 1. The lowest BCUT2D eigenvalue weighted by molar-refractivity contribution is -0.134. The number of piperidine rings is 1. The van der Waals surface area contributed by atoms with Crippen molar-refractivity contribution >= 4 is 11.6 Å². The Kier molecular flexibility index (Phi) is 4.51. The standard InChI is InChI=1S/C17H21N7O2/c1-2-12-8-18-21-17(12)13-4-3-7-23(9-13)16(25)10-26-15-6-5-14-20-19-11-24(14)22-15/h5-6,8,11,13H,2-4,7,9-10H2,1H3,(H,18,21)/t13-/m0/s1. The molecular weight excluding hydrogens is 334 g/mol. The second-order valence-corrected chi connectivity index (χ2v) is 6.44. The van der Waals surface area contributed by atoms with Crippen LogP contribution in [0.4, 0.5) is 0 Å². The Morgan fingerprint density at radius 1 is 1.42 bits per heavy atom. The molecular formula is C17H21N7O2. The van der Waals surface area contributed by atoms with E-state index in [4.69, 9.17) is 4.74 Å². The molecule has 3 aromatic heterocycles. The highest BCUT2D eigenvalue weighted by atomic mass is 16.5. The Hall–Kier alpha value is -2.97. The number of H-pyrrole nitrogens is 1. The molecule has 0 radical (unpaired) electrons. The van der Waals surface area contributed by atoms with Gasteiger partial charge in [-0.2, -0.15) is 9.61 Å². The summed E-state index contributed by atoms with van der Waals surface area (Å²) < 4.78 is 7.09. The lowest BCUT2D eigenvalue weighted by atomic mass is 9.92. The fourth-order valence-electron chi connectivity index (χ4n) is 3.41. The van der Waals surface area contributed by atoms with Crippen molar-refractivity contribution in [3.63, 3.8) is 0 Å². The number of carbonyl (C=O) groups excluding carboxylic acids is 1. The number of ether oxygens (including phenoxy) is 1. The number of aryl methyl sites for hydroxylation is 1. The lowest BCUT2D eigenvalue weighted by Gasteiger charge is -2.32. The number of likely N-dealkylation sites (tertiary alicyclic amines) is 1. The van der Waals surface area contributed by atoms with Crippen molar-refractivity contribution in [2.75, 3.05) is 19.7 Å². The van der Waals surface area contributed by atoms with Crippen LogP contribution >= 0.6 is 0 Å². The molecule has 3 aromatic rings. The largest absolute Gasteiger partial charge is 0.467 e. The van der Waals surface area contributed by atoms with Gasteiger partial charge in [-0.05, 0) is 30.9 Å². The zero-order valence-corrected chi connectivity index (χ0v) is 14.6. The van der Waals surface area contributed by atoms with Crippen molar-refractivity contribution in [1.29, 1.82) is 0 Å². The molecule has 9 heteroatoms. The summed E-state index contributed by atoms with van der Waals surface area (Å²) in [6.45, 7) is 3.53. The Labute approximate surface area is 150 Å². The van der Waals surface area contributed by atoms with Crippen molar-refractivity contribution in [3.8, 4) is 5.88 Å². The van der Waals surface area contributed by atoms with Gasteiger partial charge >= 0.3 is 0 Å². The molecule has 4 rings (SSSR count). The van der Waals surface area contributed by atoms with Gasteiger partial charge in [0.25, 0.3) is 5.91 Å². The Morgan fingerprint density at radius 2 is 2.35 bits per heavy atom. The molecule has 0 unspecified atom stereocenters. The third-order valence-corrected chi connectivity index (χ3v) is 4.80. The number of hydrogen-bond donors (Lipinski definition) is 1. The van der Waals surface area contributed by atoms with Gasteiger partial charge in [0.1, 0.15) is 6.33 Å². The van der Waals surface area contributed by atoms with E-state index in [-0.39, 0.29) is 12.5 Å². The summed E-state index contributed by atoms with van der Waals surface area (Å²) in [4.78, 5) is 14.4. The molecule has 1 amide bonds. The quantitative estimate of drug-likeness (QED) is 0.738. The molecule has 1 aliphatic rings. The van der Waals surface area contributed by atoms with E-state index in [1.165, 1.54) is 16.4 Å². The van der Waals surface area contributed by atoms with Crippen molar-refractivity contribution in [1.82, 2.24) is 34.9 Å². The van der Waals surface area contributed by atoms with Gasteiger partial charge in [0, 0.05) is 30.8 Å². The van der Waals surface area contributed by atoms with Crippen LogP contribution in [0.2, 0.25) is 0 Å². The number of carbonyl (C=O) groups is 1. The molecule has 26 heavy (non-hydrogen) atoms. The monoisotopic (exact) mass is 355 g/mol. The first-order valence-corrected chi connectivity index (χ1v) is 8.84. The van der Waals surface area contributed by atoms with E-state index in [1.807, 2.05) is 11.1 Å². The third kappa shape index (κ3) is 3.24. The minimum absolute atomic E-state index is 0.0297. The van der Waals surface area contributed by atoms with Gasteiger partial charge in [-0.1, -0.05) is 6.92 Å². The van der Waals surface area contributed by atoms with Crippen LogP contribution < -0.4 is 4.74 Å². The van der Waals surface area contributed by atoms with Crippen molar-refractivity contribution < 1.29 is 9.53 Å². The molecule has 0 spiro atoms. The SMILES string of the molecule is CCc1cn[nH]c1[C@H]1CCCN(C(=O)COc2ccc3nncn3n2)C1. The second-order valence-electron chi connectivity index (χ2n) is 6.44. The number of hydrogen-bond acceptors (Lipinski definition) is 6. The average Bonchev–Trinajstić information content (AvgIpc) is 3.34. The van der Waals surface area contributed by atoms with Gasteiger partial charge in [0.15, 0.2) is 12.3 Å². The highest BCUT2D eigenvalue weighted by molar-refractivity contribution is 5.78. The van der Waals surface area contributed by atoms with Crippen LogP contribution in [0.15, 0.2) is 24.7 Å². The van der Waals surface area contributed by atoms with Gasteiger partial charge in [0.05, 0.1) is 6.20 Å². The summed E-state index contributed by atoms with van der Waals surface area (Å²) in [7, 11) is 0. The molecule has 1 saturated heterocycles. The van der Waals surface area contributed by atoms with E-state index in [0.29, 0.717) is 24.0 Å². The molecule has 1 N–H and O–H groups in total. The molecule has 1 aliphatic heterocycles. The van der Waals surface area contributed by atoms with E-state index in [9.17, 15) is 4.79 Å². The van der Waals surface area contributed by atoms with Crippen LogP contribution in [-0.2, 0) is 11.2 Å². The molecule has 9 nitrogen and oxygen atoms in total. The smallest absolute Gasteiger partial charge is 0.260 e. The molecule has 1 atom stereocenters. The van der Waals surface area contributed by atoms with Gasteiger partial charge in [0.2, 0.25) is 5.88 Å². The topological polar surface area (TPSA) is 101 Å². The fraction of sp³-hybridized carbons (Fsp3) is 0.471. The molecule has 136 valence electrons. The lowest BCUT2D eigenvalue weighted by Crippen LogP contribution is -2.41. The minimum atomic E-state index is -0.0308. The number of nitrogens with zero attached hydrogens (tertiary/aromatic N) is 6. The van der Waals surface area contributed by atoms with Crippen LogP contribution in [0.25, 0.3) is 5.65 Å². The zero-order chi connectivity index (χ0) is 17.9. The van der Waals surface area contributed by atoms with Gasteiger partial charge in [-0.15, -0.1) is 15.3 Å². The highest BCUT2D eigenvalue weighted by Gasteiger charge is 2.27. The Morgan fingerprint density at radius 3 is 3.23 bits per heavy atom. The molecule has 0 aliphatic carbocycles. The number of nitrogens with one attached hydrogen (secondary N) is 1. The number of rotatable bonds is 5. The first-order valence-electron chi connectivity index (χ1n) is 8.84. The highest BCUT2D eigenvalue weighted by Crippen LogP contribution is 2.28. The maximum Gasteiger partial charge on any atom is 0.260 e. The molecule has 1 fully saturated rings. The van der Waals surface area contributed by atoms with E-state index < -0.39 is 0 Å². The summed E-state index contributed by atoms with van der Waals surface area (Å²) in [5.41, 5.74) is 3.02. The summed E-state index contributed by atoms with van der Waals surface area (Å²) in [5, 5.41) is 19.1. The van der Waals surface area contributed by atoms with E-state index >= 15 is 0 Å².